The minimum absolute atomic E-state index is 0.0160. The summed E-state index contributed by atoms with van der Waals surface area (Å²) in [6.07, 6.45) is 9.21. The molecule has 0 spiro atoms. The summed E-state index contributed by atoms with van der Waals surface area (Å²) in [5, 5.41) is 9.87. The molecule has 0 radical (unpaired) electrons. The number of amides is 1. The van der Waals surface area contributed by atoms with Crippen LogP contribution in [0.2, 0.25) is 0 Å². The van der Waals surface area contributed by atoms with Crippen molar-refractivity contribution in [3.05, 3.63) is 54.2 Å². The predicted octanol–water partition coefficient (Wildman–Crippen LogP) is 2.92. The summed E-state index contributed by atoms with van der Waals surface area (Å²) in [4.78, 5) is 12.1. The Labute approximate surface area is 117 Å². The van der Waals surface area contributed by atoms with Crippen LogP contribution in [-0.2, 0) is 0 Å². The van der Waals surface area contributed by atoms with Crippen LogP contribution < -0.4 is 5.32 Å². The number of aromatic nitrogens is 2. The van der Waals surface area contributed by atoms with Gasteiger partial charge in [0.25, 0.3) is 5.91 Å². The first kappa shape index (κ1) is 12.7. The maximum absolute atomic E-state index is 12.1. The molecule has 0 saturated carbocycles. The van der Waals surface area contributed by atoms with Gasteiger partial charge in [0.1, 0.15) is 0 Å². The van der Waals surface area contributed by atoms with Crippen LogP contribution in [0, 0.1) is 0 Å². The average molecular weight is 267 g/mol. The van der Waals surface area contributed by atoms with Gasteiger partial charge in [-0.25, -0.2) is 0 Å². The summed E-state index contributed by atoms with van der Waals surface area (Å²) in [5.74, 6) is -0.0160. The molecule has 2 N–H and O–H groups in total. The first-order chi connectivity index (χ1) is 9.83. The quantitative estimate of drug-likeness (QED) is 0.840. The SMILES string of the molecule is O=C(NC1C=CCCC1)c1ccc(-c2ccn[nH]2)cc1. The number of H-pyrrole nitrogens is 1. The van der Waals surface area contributed by atoms with Crippen LogP contribution in [0.1, 0.15) is 29.6 Å². The Morgan fingerprint density at radius 3 is 2.75 bits per heavy atom. The summed E-state index contributed by atoms with van der Waals surface area (Å²) in [6, 6.07) is 9.62. The Kier molecular flexibility index (Phi) is 3.63. The van der Waals surface area contributed by atoms with Crippen molar-refractivity contribution in [2.24, 2.45) is 0 Å². The molecule has 1 unspecified atom stereocenters. The van der Waals surface area contributed by atoms with Crippen molar-refractivity contribution in [2.75, 3.05) is 0 Å². The second-order valence-electron chi connectivity index (χ2n) is 4.99. The second kappa shape index (κ2) is 5.74. The number of carbonyl (C=O) groups excluding carboxylic acids is 1. The monoisotopic (exact) mass is 267 g/mol. The highest BCUT2D eigenvalue weighted by Crippen LogP contribution is 2.17. The molecule has 0 aliphatic heterocycles. The van der Waals surface area contributed by atoms with Gasteiger partial charge in [-0.15, -0.1) is 0 Å². The maximum atomic E-state index is 12.1. The molecule has 0 saturated heterocycles. The van der Waals surface area contributed by atoms with Crippen LogP contribution in [0.4, 0.5) is 0 Å². The van der Waals surface area contributed by atoms with Crippen molar-refractivity contribution in [3.8, 4) is 11.3 Å². The smallest absolute Gasteiger partial charge is 0.251 e. The summed E-state index contributed by atoms with van der Waals surface area (Å²) in [5.41, 5.74) is 2.66. The van der Waals surface area contributed by atoms with E-state index in [2.05, 4.69) is 27.7 Å². The zero-order valence-corrected chi connectivity index (χ0v) is 11.2. The molecular weight excluding hydrogens is 250 g/mol. The molecule has 4 heteroatoms. The van der Waals surface area contributed by atoms with Gasteiger partial charge in [0.05, 0.1) is 5.69 Å². The molecule has 1 atom stereocenters. The van der Waals surface area contributed by atoms with Gasteiger partial charge in [-0.05, 0) is 43.0 Å². The largest absolute Gasteiger partial charge is 0.346 e. The fourth-order valence-electron chi connectivity index (χ4n) is 2.40. The van der Waals surface area contributed by atoms with E-state index in [4.69, 9.17) is 0 Å². The van der Waals surface area contributed by atoms with E-state index in [0.29, 0.717) is 5.56 Å². The van der Waals surface area contributed by atoms with Gasteiger partial charge in [-0.2, -0.15) is 5.10 Å². The van der Waals surface area contributed by atoms with E-state index >= 15 is 0 Å². The van der Waals surface area contributed by atoms with Gasteiger partial charge >= 0.3 is 0 Å². The zero-order chi connectivity index (χ0) is 13.8. The van der Waals surface area contributed by atoms with Crippen LogP contribution in [0.5, 0.6) is 0 Å². The van der Waals surface area contributed by atoms with E-state index in [0.717, 1.165) is 30.5 Å². The molecule has 4 nitrogen and oxygen atoms in total. The molecule has 3 rings (SSSR count). The second-order valence-corrected chi connectivity index (χ2v) is 4.99. The third kappa shape index (κ3) is 2.79. The molecule has 1 aromatic carbocycles. The number of benzene rings is 1. The molecule has 0 bridgehead atoms. The number of hydrogen-bond donors (Lipinski definition) is 2. The maximum Gasteiger partial charge on any atom is 0.251 e. The lowest BCUT2D eigenvalue weighted by Gasteiger charge is -2.17. The van der Waals surface area contributed by atoms with Gasteiger partial charge in [0.2, 0.25) is 0 Å². The molecule has 102 valence electrons. The summed E-state index contributed by atoms with van der Waals surface area (Å²) in [7, 11) is 0. The Bertz CT molecular complexity index is 599. The highest BCUT2D eigenvalue weighted by atomic mass is 16.1. The van der Waals surface area contributed by atoms with Crippen LogP contribution >= 0.6 is 0 Å². The molecular formula is C16H17N3O. The molecule has 1 amide bonds. The van der Waals surface area contributed by atoms with Crippen LogP contribution in [0.3, 0.4) is 0 Å². The van der Waals surface area contributed by atoms with Crippen molar-refractivity contribution >= 4 is 5.91 Å². The predicted molar refractivity (Wildman–Crippen MR) is 78.3 cm³/mol. The molecule has 2 aromatic rings. The summed E-state index contributed by atoms with van der Waals surface area (Å²) < 4.78 is 0. The Morgan fingerprint density at radius 2 is 2.10 bits per heavy atom. The van der Waals surface area contributed by atoms with Gasteiger partial charge in [0, 0.05) is 17.8 Å². The van der Waals surface area contributed by atoms with Gasteiger partial charge < -0.3 is 5.32 Å². The minimum Gasteiger partial charge on any atom is -0.346 e. The Hall–Kier alpha value is -2.36. The topological polar surface area (TPSA) is 57.8 Å². The fourth-order valence-corrected chi connectivity index (χ4v) is 2.40. The lowest BCUT2D eigenvalue weighted by Crippen LogP contribution is -2.34. The number of nitrogens with zero attached hydrogens (tertiary/aromatic N) is 1. The zero-order valence-electron chi connectivity index (χ0n) is 11.2. The first-order valence-electron chi connectivity index (χ1n) is 6.90. The highest BCUT2D eigenvalue weighted by Gasteiger charge is 2.13. The fraction of sp³-hybridized carbons (Fsp3) is 0.250. The Balaban J connectivity index is 1.69. The van der Waals surface area contributed by atoms with Crippen LogP contribution in [0.15, 0.2) is 48.7 Å². The van der Waals surface area contributed by atoms with Crippen LogP contribution in [0.25, 0.3) is 11.3 Å². The van der Waals surface area contributed by atoms with Crippen LogP contribution in [-0.4, -0.2) is 22.1 Å². The van der Waals surface area contributed by atoms with E-state index in [1.54, 1.807) is 6.20 Å². The number of rotatable bonds is 3. The van der Waals surface area contributed by atoms with E-state index in [-0.39, 0.29) is 11.9 Å². The van der Waals surface area contributed by atoms with E-state index < -0.39 is 0 Å². The molecule has 20 heavy (non-hydrogen) atoms. The molecule has 1 aliphatic rings. The third-order valence-electron chi connectivity index (χ3n) is 3.53. The number of hydrogen-bond acceptors (Lipinski definition) is 2. The number of carbonyl (C=O) groups is 1. The van der Waals surface area contributed by atoms with E-state index in [1.165, 1.54) is 0 Å². The standard InChI is InChI=1S/C16H17N3O/c20-16(18-14-4-2-1-3-5-14)13-8-6-12(7-9-13)15-10-11-17-19-15/h2,4,6-11,14H,1,3,5H2,(H,17,19)(H,18,20). The van der Waals surface area contributed by atoms with E-state index in [1.807, 2.05) is 30.3 Å². The summed E-state index contributed by atoms with van der Waals surface area (Å²) >= 11 is 0. The minimum atomic E-state index is -0.0160. The number of aromatic amines is 1. The molecule has 1 aromatic heterocycles. The third-order valence-corrected chi connectivity index (χ3v) is 3.53. The van der Waals surface area contributed by atoms with Gasteiger partial charge in [0.15, 0.2) is 0 Å². The highest BCUT2D eigenvalue weighted by molar-refractivity contribution is 5.94. The lowest BCUT2D eigenvalue weighted by atomic mass is 10.0. The van der Waals surface area contributed by atoms with Crippen molar-refractivity contribution in [1.29, 1.82) is 0 Å². The Morgan fingerprint density at radius 1 is 1.25 bits per heavy atom. The molecule has 1 aliphatic carbocycles. The number of nitrogens with one attached hydrogen (secondary N) is 2. The van der Waals surface area contributed by atoms with Crippen molar-refractivity contribution in [1.82, 2.24) is 15.5 Å². The number of allylic oxidation sites excluding steroid dienone is 1. The van der Waals surface area contributed by atoms with Crippen molar-refractivity contribution < 1.29 is 4.79 Å². The lowest BCUT2D eigenvalue weighted by molar-refractivity contribution is 0.0942. The van der Waals surface area contributed by atoms with Gasteiger partial charge in [-0.1, -0.05) is 24.3 Å². The van der Waals surface area contributed by atoms with Crippen molar-refractivity contribution in [2.45, 2.75) is 25.3 Å². The van der Waals surface area contributed by atoms with E-state index in [9.17, 15) is 4.79 Å². The normalized spacial score (nSPS) is 17.9. The first-order valence-corrected chi connectivity index (χ1v) is 6.90. The molecule has 0 fully saturated rings. The van der Waals surface area contributed by atoms with Gasteiger partial charge in [-0.3, -0.25) is 9.89 Å². The van der Waals surface area contributed by atoms with Crippen molar-refractivity contribution in [3.63, 3.8) is 0 Å². The summed E-state index contributed by atoms with van der Waals surface area (Å²) in [6.45, 7) is 0. The molecule has 1 heterocycles. The average Bonchev–Trinajstić information content (AvgIpc) is 3.03.